The first-order valence-electron chi connectivity index (χ1n) is 4.51. The smallest absolute Gasteiger partial charge is 0.251 e. The number of carbonyl (C=O) groups excluding carboxylic acids is 2. The second kappa shape index (κ2) is 7.07. The summed E-state index contributed by atoms with van der Waals surface area (Å²) in [7, 11) is 0. The zero-order chi connectivity index (χ0) is 12.7. The van der Waals surface area contributed by atoms with Gasteiger partial charge in [-0.3, -0.25) is 4.79 Å². The molecule has 4 unspecified atom stereocenters. The predicted molar refractivity (Wildman–Crippen MR) is 53.3 cm³/mol. The van der Waals surface area contributed by atoms with Crippen molar-refractivity contribution in [2.24, 2.45) is 0 Å². The highest BCUT2D eigenvalue weighted by atomic mass is 16.4. The molecule has 0 aromatic carbocycles. The standard InChI is InChI=1S/C9H15NO6/c1-2-3-10-9(16)8(15)7(14)6(13)5(12)4-11/h2,4-8,12-15H,1,3H2,(H,10,16). The van der Waals surface area contributed by atoms with E-state index in [1.54, 1.807) is 0 Å². The SMILES string of the molecule is C=CCNC(=O)C(O)C(O)C(O)C(O)C=O. The van der Waals surface area contributed by atoms with Crippen molar-refractivity contribution in [2.45, 2.75) is 24.4 Å². The van der Waals surface area contributed by atoms with Gasteiger partial charge in [0.2, 0.25) is 0 Å². The molecule has 0 aliphatic rings. The van der Waals surface area contributed by atoms with Gasteiger partial charge in [-0.2, -0.15) is 0 Å². The fourth-order valence-corrected chi connectivity index (χ4v) is 0.902. The fourth-order valence-electron chi connectivity index (χ4n) is 0.902. The highest BCUT2D eigenvalue weighted by Crippen LogP contribution is 2.04. The minimum Gasteiger partial charge on any atom is -0.387 e. The molecule has 92 valence electrons. The van der Waals surface area contributed by atoms with Crippen LogP contribution in [0.2, 0.25) is 0 Å². The van der Waals surface area contributed by atoms with E-state index in [1.807, 2.05) is 0 Å². The molecule has 5 N–H and O–H groups in total. The van der Waals surface area contributed by atoms with Crippen LogP contribution in [-0.4, -0.2) is 63.6 Å². The van der Waals surface area contributed by atoms with Gasteiger partial charge in [-0.05, 0) is 0 Å². The highest BCUT2D eigenvalue weighted by Gasteiger charge is 2.33. The van der Waals surface area contributed by atoms with Gasteiger partial charge >= 0.3 is 0 Å². The number of nitrogens with one attached hydrogen (secondary N) is 1. The van der Waals surface area contributed by atoms with Crippen LogP contribution in [0.4, 0.5) is 0 Å². The van der Waals surface area contributed by atoms with Crippen molar-refractivity contribution in [2.75, 3.05) is 6.54 Å². The number of carbonyl (C=O) groups is 2. The third kappa shape index (κ3) is 4.07. The van der Waals surface area contributed by atoms with E-state index >= 15 is 0 Å². The van der Waals surface area contributed by atoms with Crippen LogP contribution in [-0.2, 0) is 9.59 Å². The molecule has 1 amide bonds. The monoisotopic (exact) mass is 233 g/mol. The summed E-state index contributed by atoms with van der Waals surface area (Å²) in [4.78, 5) is 21.2. The first kappa shape index (κ1) is 14.7. The summed E-state index contributed by atoms with van der Waals surface area (Å²) in [5, 5.41) is 38.7. The summed E-state index contributed by atoms with van der Waals surface area (Å²) >= 11 is 0. The number of hydrogen-bond acceptors (Lipinski definition) is 6. The summed E-state index contributed by atoms with van der Waals surface area (Å²) in [5.74, 6) is -0.940. The lowest BCUT2D eigenvalue weighted by atomic mass is 10.0. The van der Waals surface area contributed by atoms with Crippen molar-refractivity contribution >= 4 is 12.2 Å². The number of aliphatic hydroxyl groups is 4. The van der Waals surface area contributed by atoms with Gasteiger partial charge in [0.1, 0.15) is 18.3 Å². The van der Waals surface area contributed by atoms with Gasteiger partial charge in [0, 0.05) is 6.54 Å². The molecular weight excluding hydrogens is 218 g/mol. The second-order valence-electron chi connectivity index (χ2n) is 3.09. The van der Waals surface area contributed by atoms with Crippen LogP contribution in [0, 0.1) is 0 Å². The zero-order valence-electron chi connectivity index (χ0n) is 8.48. The van der Waals surface area contributed by atoms with Crippen LogP contribution in [0.5, 0.6) is 0 Å². The average molecular weight is 233 g/mol. The molecule has 7 heteroatoms. The van der Waals surface area contributed by atoms with E-state index in [0.29, 0.717) is 0 Å². The Kier molecular flexibility index (Phi) is 6.50. The molecule has 0 aliphatic heterocycles. The Balaban J connectivity index is 4.35. The Hall–Kier alpha value is -1.28. The van der Waals surface area contributed by atoms with Crippen LogP contribution in [0.25, 0.3) is 0 Å². The summed E-state index contributed by atoms with van der Waals surface area (Å²) in [6.07, 6.45) is -6.34. The first-order valence-corrected chi connectivity index (χ1v) is 4.51. The molecule has 0 aliphatic carbocycles. The summed E-state index contributed by atoms with van der Waals surface area (Å²) in [6.45, 7) is 3.40. The van der Waals surface area contributed by atoms with E-state index < -0.39 is 30.3 Å². The van der Waals surface area contributed by atoms with Crippen molar-refractivity contribution < 1.29 is 30.0 Å². The minimum atomic E-state index is -1.95. The quantitative estimate of drug-likeness (QED) is 0.234. The van der Waals surface area contributed by atoms with Crippen molar-refractivity contribution in [3.63, 3.8) is 0 Å². The maximum absolute atomic E-state index is 11.1. The molecule has 0 rings (SSSR count). The molecular formula is C9H15NO6. The average Bonchev–Trinajstić information content (AvgIpc) is 2.31. The van der Waals surface area contributed by atoms with Gasteiger partial charge in [-0.15, -0.1) is 6.58 Å². The van der Waals surface area contributed by atoms with Gasteiger partial charge < -0.3 is 30.5 Å². The van der Waals surface area contributed by atoms with E-state index in [0.717, 1.165) is 0 Å². The van der Waals surface area contributed by atoms with Crippen LogP contribution >= 0.6 is 0 Å². The Morgan fingerprint density at radius 1 is 1.25 bits per heavy atom. The summed E-state index contributed by atoms with van der Waals surface area (Å²) in [5.41, 5.74) is 0. The van der Waals surface area contributed by atoms with E-state index in [2.05, 4.69) is 11.9 Å². The molecule has 4 atom stereocenters. The fraction of sp³-hybridized carbons (Fsp3) is 0.556. The molecule has 0 heterocycles. The van der Waals surface area contributed by atoms with Crippen LogP contribution in [0.15, 0.2) is 12.7 Å². The highest BCUT2D eigenvalue weighted by molar-refractivity contribution is 5.81. The largest absolute Gasteiger partial charge is 0.387 e. The molecule has 7 nitrogen and oxygen atoms in total. The Bertz CT molecular complexity index is 256. The Labute approximate surface area is 92.0 Å². The van der Waals surface area contributed by atoms with E-state index in [4.69, 9.17) is 10.2 Å². The van der Waals surface area contributed by atoms with Crippen LogP contribution in [0.1, 0.15) is 0 Å². The van der Waals surface area contributed by atoms with E-state index in [-0.39, 0.29) is 12.8 Å². The van der Waals surface area contributed by atoms with Crippen LogP contribution < -0.4 is 5.32 Å². The molecule has 0 spiro atoms. The van der Waals surface area contributed by atoms with Crippen molar-refractivity contribution in [3.8, 4) is 0 Å². The number of hydrogen-bond donors (Lipinski definition) is 5. The number of rotatable bonds is 7. The third-order valence-electron chi connectivity index (χ3n) is 1.85. The molecule has 0 fully saturated rings. The van der Waals surface area contributed by atoms with Crippen molar-refractivity contribution in [3.05, 3.63) is 12.7 Å². The molecule has 0 radical (unpaired) electrons. The Morgan fingerprint density at radius 3 is 2.25 bits per heavy atom. The number of amides is 1. The lowest BCUT2D eigenvalue weighted by molar-refractivity contribution is -0.149. The molecule has 0 aromatic heterocycles. The maximum Gasteiger partial charge on any atom is 0.251 e. The van der Waals surface area contributed by atoms with Gasteiger partial charge in [0.15, 0.2) is 12.4 Å². The molecule has 0 bridgehead atoms. The first-order chi connectivity index (χ1) is 7.45. The third-order valence-corrected chi connectivity index (χ3v) is 1.85. The minimum absolute atomic E-state index is 0.0117. The summed E-state index contributed by atoms with van der Waals surface area (Å²) in [6, 6.07) is 0. The maximum atomic E-state index is 11.1. The normalized spacial score (nSPS) is 18.0. The molecule has 16 heavy (non-hydrogen) atoms. The van der Waals surface area contributed by atoms with Gasteiger partial charge in [0.25, 0.3) is 5.91 Å². The molecule has 0 aromatic rings. The van der Waals surface area contributed by atoms with E-state index in [9.17, 15) is 19.8 Å². The summed E-state index contributed by atoms with van der Waals surface area (Å²) < 4.78 is 0. The van der Waals surface area contributed by atoms with Gasteiger partial charge in [-0.25, -0.2) is 0 Å². The lowest BCUT2D eigenvalue weighted by Gasteiger charge is -2.23. The van der Waals surface area contributed by atoms with Crippen LogP contribution in [0.3, 0.4) is 0 Å². The Morgan fingerprint density at radius 2 is 1.81 bits per heavy atom. The molecule has 0 saturated heterocycles. The van der Waals surface area contributed by atoms with Gasteiger partial charge in [0.05, 0.1) is 0 Å². The lowest BCUT2D eigenvalue weighted by Crippen LogP contribution is -2.51. The van der Waals surface area contributed by atoms with E-state index in [1.165, 1.54) is 6.08 Å². The van der Waals surface area contributed by atoms with Gasteiger partial charge in [-0.1, -0.05) is 6.08 Å². The topological polar surface area (TPSA) is 127 Å². The predicted octanol–water partition coefficient (Wildman–Crippen LogP) is -3.07. The van der Waals surface area contributed by atoms with Crippen molar-refractivity contribution in [1.82, 2.24) is 5.32 Å². The number of aliphatic hydroxyl groups excluding tert-OH is 4. The zero-order valence-corrected chi connectivity index (χ0v) is 8.48. The second-order valence-corrected chi connectivity index (χ2v) is 3.09. The van der Waals surface area contributed by atoms with Crippen molar-refractivity contribution in [1.29, 1.82) is 0 Å². The molecule has 0 saturated carbocycles. The number of aldehydes is 1.